The number of hydrazone groups is 1. The first-order valence-corrected chi connectivity index (χ1v) is 8.04. The van der Waals surface area contributed by atoms with Crippen molar-refractivity contribution in [2.45, 2.75) is 19.3 Å². The highest BCUT2D eigenvalue weighted by atomic mass is 32.1. The van der Waals surface area contributed by atoms with Gasteiger partial charge in [0.05, 0.1) is 11.2 Å². The van der Waals surface area contributed by atoms with Crippen LogP contribution in [0, 0.1) is 0 Å². The average Bonchev–Trinajstić information content (AvgIpc) is 2.95. The third-order valence-electron chi connectivity index (χ3n) is 3.05. The lowest BCUT2D eigenvalue weighted by atomic mass is 10.1. The monoisotopic (exact) mass is 308 g/mol. The molecule has 0 amide bonds. The van der Waals surface area contributed by atoms with Gasteiger partial charge in [0.15, 0.2) is 5.11 Å². The fourth-order valence-corrected chi connectivity index (χ4v) is 3.12. The van der Waals surface area contributed by atoms with Crippen LogP contribution in [-0.4, -0.2) is 31.0 Å². The van der Waals surface area contributed by atoms with Crippen LogP contribution in [0.1, 0.15) is 24.1 Å². The standard InChI is InChI=1S/C14H20N4S2/c1-2-8-15-14(19)17-16-11-12-6-7-13(20-12)18-9-4-3-5-10-18/h2,6-7,11H,1,3-5,8-10H2,(H2,15,17,19)/b16-11-. The molecule has 1 fully saturated rings. The van der Waals surface area contributed by atoms with Gasteiger partial charge in [0.2, 0.25) is 0 Å². The molecule has 4 nitrogen and oxygen atoms in total. The molecule has 108 valence electrons. The van der Waals surface area contributed by atoms with E-state index in [0.29, 0.717) is 11.7 Å². The summed E-state index contributed by atoms with van der Waals surface area (Å²) >= 11 is 6.82. The molecule has 2 rings (SSSR count). The molecular formula is C14H20N4S2. The lowest BCUT2D eigenvalue weighted by molar-refractivity contribution is 0.580. The Morgan fingerprint density at radius 2 is 2.20 bits per heavy atom. The number of anilines is 1. The Balaban J connectivity index is 1.82. The molecule has 0 radical (unpaired) electrons. The fraction of sp³-hybridized carbons (Fsp3) is 0.429. The van der Waals surface area contributed by atoms with Crippen LogP contribution in [0.3, 0.4) is 0 Å². The summed E-state index contributed by atoms with van der Waals surface area (Å²) in [5, 5.41) is 8.93. The van der Waals surface area contributed by atoms with Crippen LogP contribution in [0.25, 0.3) is 0 Å². The van der Waals surface area contributed by atoms with Gasteiger partial charge >= 0.3 is 0 Å². The van der Waals surface area contributed by atoms with Crippen molar-refractivity contribution in [3.05, 3.63) is 29.7 Å². The molecule has 0 bridgehead atoms. The number of nitrogens with zero attached hydrogens (tertiary/aromatic N) is 2. The van der Waals surface area contributed by atoms with Crippen molar-refractivity contribution in [3.63, 3.8) is 0 Å². The summed E-state index contributed by atoms with van der Waals surface area (Å²) in [6.45, 7) is 6.60. The van der Waals surface area contributed by atoms with Crippen LogP contribution in [0.4, 0.5) is 5.00 Å². The van der Waals surface area contributed by atoms with E-state index in [1.807, 2.05) is 0 Å². The van der Waals surface area contributed by atoms with E-state index in [1.54, 1.807) is 23.6 Å². The predicted octanol–water partition coefficient (Wildman–Crippen LogP) is 2.72. The van der Waals surface area contributed by atoms with Crippen molar-refractivity contribution in [3.8, 4) is 0 Å². The summed E-state index contributed by atoms with van der Waals surface area (Å²) in [5.41, 5.74) is 2.79. The van der Waals surface area contributed by atoms with Gasteiger partial charge in [-0.15, -0.1) is 17.9 Å². The Morgan fingerprint density at radius 3 is 2.95 bits per heavy atom. The molecule has 1 aromatic heterocycles. The topological polar surface area (TPSA) is 39.7 Å². The van der Waals surface area contributed by atoms with Gasteiger partial charge in [-0.05, 0) is 43.6 Å². The van der Waals surface area contributed by atoms with Gasteiger partial charge < -0.3 is 10.2 Å². The van der Waals surface area contributed by atoms with Crippen LogP contribution < -0.4 is 15.6 Å². The van der Waals surface area contributed by atoms with E-state index in [1.165, 1.54) is 37.4 Å². The predicted molar refractivity (Wildman–Crippen MR) is 91.9 cm³/mol. The molecule has 20 heavy (non-hydrogen) atoms. The third-order valence-corrected chi connectivity index (χ3v) is 4.36. The molecule has 1 aliphatic rings. The Labute approximate surface area is 129 Å². The van der Waals surface area contributed by atoms with Gasteiger partial charge in [0, 0.05) is 24.5 Å². The molecule has 0 unspecified atom stereocenters. The van der Waals surface area contributed by atoms with Crippen molar-refractivity contribution in [1.82, 2.24) is 10.7 Å². The first kappa shape index (κ1) is 15.0. The minimum absolute atomic E-state index is 0.508. The van der Waals surface area contributed by atoms with Crippen LogP contribution >= 0.6 is 23.6 Å². The molecule has 1 aliphatic heterocycles. The Kier molecular flexibility index (Phi) is 6.01. The highest BCUT2D eigenvalue weighted by Crippen LogP contribution is 2.27. The van der Waals surface area contributed by atoms with Gasteiger partial charge in [-0.25, -0.2) is 0 Å². The van der Waals surface area contributed by atoms with Crippen molar-refractivity contribution >= 4 is 39.9 Å². The molecule has 2 N–H and O–H groups in total. The zero-order valence-electron chi connectivity index (χ0n) is 11.5. The molecule has 0 saturated carbocycles. The number of nitrogens with one attached hydrogen (secondary N) is 2. The molecule has 1 saturated heterocycles. The summed E-state index contributed by atoms with van der Waals surface area (Å²) in [5.74, 6) is 0. The Hall–Kier alpha value is -1.40. The molecule has 1 aromatic rings. The first-order chi connectivity index (χ1) is 9.79. The quantitative estimate of drug-likeness (QED) is 0.380. The molecule has 6 heteroatoms. The van der Waals surface area contributed by atoms with Gasteiger partial charge in [-0.3, -0.25) is 5.43 Å². The van der Waals surface area contributed by atoms with Gasteiger partial charge in [-0.1, -0.05) is 6.08 Å². The lowest BCUT2D eigenvalue weighted by Crippen LogP contribution is -2.31. The van der Waals surface area contributed by atoms with Crippen molar-refractivity contribution in [2.24, 2.45) is 5.10 Å². The molecule has 0 spiro atoms. The number of thiocarbonyl (C=S) groups is 1. The largest absolute Gasteiger partial charge is 0.363 e. The normalized spacial score (nSPS) is 15.3. The number of rotatable bonds is 5. The van der Waals surface area contributed by atoms with E-state index >= 15 is 0 Å². The summed E-state index contributed by atoms with van der Waals surface area (Å²) in [4.78, 5) is 3.58. The number of thiophene rings is 1. The lowest BCUT2D eigenvalue weighted by Gasteiger charge is -2.27. The van der Waals surface area contributed by atoms with E-state index in [-0.39, 0.29) is 0 Å². The average molecular weight is 308 g/mol. The summed E-state index contributed by atoms with van der Waals surface area (Å²) < 4.78 is 0. The van der Waals surface area contributed by atoms with Crippen LogP contribution in [-0.2, 0) is 0 Å². The summed E-state index contributed by atoms with van der Waals surface area (Å²) in [6, 6.07) is 4.27. The molecule has 0 atom stereocenters. The number of hydrogen-bond donors (Lipinski definition) is 2. The Bertz CT molecular complexity index is 475. The fourth-order valence-electron chi connectivity index (χ4n) is 2.05. The number of hydrogen-bond acceptors (Lipinski definition) is 4. The van der Waals surface area contributed by atoms with E-state index in [2.05, 4.69) is 39.5 Å². The smallest absolute Gasteiger partial charge is 0.187 e. The third kappa shape index (κ3) is 4.61. The highest BCUT2D eigenvalue weighted by molar-refractivity contribution is 7.80. The second-order valence-electron chi connectivity index (χ2n) is 4.59. The maximum absolute atomic E-state index is 5.05. The van der Waals surface area contributed by atoms with Crippen LogP contribution in [0.15, 0.2) is 29.9 Å². The molecule has 2 heterocycles. The second kappa shape index (κ2) is 8.01. The maximum atomic E-state index is 5.05. The zero-order chi connectivity index (χ0) is 14.2. The second-order valence-corrected chi connectivity index (χ2v) is 6.09. The van der Waals surface area contributed by atoms with Gasteiger partial charge in [-0.2, -0.15) is 5.10 Å². The molecule has 0 aliphatic carbocycles. The van der Waals surface area contributed by atoms with E-state index in [4.69, 9.17) is 12.2 Å². The van der Waals surface area contributed by atoms with E-state index in [9.17, 15) is 0 Å². The van der Waals surface area contributed by atoms with Crippen LogP contribution in [0.2, 0.25) is 0 Å². The summed E-state index contributed by atoms with van der Waals surface area (Å²) in [6.07, 6.45) is 7.51. The van der Waals surface area contributed by atoms with Crippen molar-refractivity contribution < 1.29 is 0 Å². The SMILES string of the molecule is C=CCNC(=S)N/N=C\c1ccc(N2CCCCC2)s1. The van der Waals surface area contributed by atoms with E-state index in [0.717, 1.165) is 4.88 Å². The maximum Gasteiger partial charge on any atom is 0.187 e. The molecule has 0 aromatic carbocycles. The zero-order valence-corrected chi connectivity index (χ0v) is 13.1. The highest BCUT2D eigenvalue weighted by Gasteiger charge is 2.12. The summed E-state index contributed by atoms with van der Waals surface area (Å²) in [7, 11) is 0. The van der Waals surface area contributed by atoms with Crippen molar-refractivity contribution in [2.75, 3.05) is 24.5 Å². The first-order valence-electron chi connectivity index (χ1n) is 6.82. The van der Waals surface area contributed by atoms with Crippen LogP contribution in [0.5, 0.6) is 0 Å². The van der Waals surface area contributed by atoms with Gasteiger partial charge in [0.25, 0.3) is 0 Å². The van der Waals surface area contributed by atoms with Crippen molar-refractivity contribution in [1.29, 1.82) is 0 Å². The van der Waals surface area contributed by atoms with E-state index < -0.39 is 0 Å². The number of piperidine rings is 1. The Morgan fingerprint density at radius 1 is 1.40 bits per heavy atom. The van der Waals surface area contributed by atoms with Gasteiger partial charge in [0.1, 0.15) is 0 Å². The minimum Gasteiger partial charge on any atom is -0.363 e. The minimum atomic E-state index is 0.508. The molecular weight excluding hydrogens is 288 g/mol.